The van der Waals surface area contributed by atoms with Crippen LogP contribution in [0.2, 0.25) is 0 Å². The lowest BCUT2D eigenvalue weighted by Gasteiger charge is -2.38. The minimum absolute atomic E-state index is 0.301. The van der Waals surface area contributed by atoms with E-state index in [0.717, 1.165) is 25.7 Å². The van der Waals surface area contributed by atoms with E-state index in [1.165, 1.54) is 19.3 Å². The fourth-order valence-electron chi connectivity index (χ4n) is 2.87. The molecule has 1 N–H and O–H groups in total. The van der Waals surface area contributed by atoms with E-state index >= 15 is 0 Å². The summed E-state index contributed by atoms with van der Waals surface area (Å²) in [5.41, 5.74) is 0. The second-order valence-corrected chi connectivity index (χ2v) is 5.37. The Morgan fingerprint density at radius 2 is 1.75 bits per heavy atom. The predicted molar refractivity (Wildman–Crippen MR) is 65.2 cm³/mol. The average molecular weight is 224 g/mol. The number of nitrogens with zero attached hydrogens (tertiary/aromatic N) is 1. The van der Waals surface area contributed by atoms with Crippen molar-refractivity contribution in [1.29, 1.82) is 0 Å². The van der Waals surface area contributed by atoms with Crippen LogP contribution in [0.15, 0.2) is 0 Å². The second-order valence-electron chi connectivity index (χ2n) is 5.37. The maximum absolute atomic E-state index is 12.2. The summed E-state index contributed by atoms with van der Waals surface area (Å²) in [5.74, 6) is 0.703. The lowest BCUT2D eigenvalue weighted by Crippen LogP contribution is -2.45. The zero-order valence-electron chi connectivity index (χ0n) is 10.5. The molecule has 0 bridgehead atoms. The molecule has 1 amide bonds. The molecule has 0 aromatic rings. The first-order valence-corrected chi connectivity index (χ1v) is 6.66. The molecule has 0 saturated heterocycles. The van der Waals surface area contributed by atoms with Gasteiger partial charge in [0.1, 0.15) is 0 Å². The SMILES string of the molecule is CNC1CCC(C(=O)N(C)C2CCC2)CC1. The van der Waals surface area contributed by atoms with Crippen LogP contribution < -0.4 is 5.32 Å². The molecular formula is C13H24N2O. The number of hydrogen-bond acceptors (Lipinski definition) is 2. The van der Waals surface area contributed by atoms with Gasteiger partial charge in [-0.1, -0.05) is 0 Å². The number of carbonyl (C=O) groups excluding carboxylic acids is 1. The topological polar surface area (TPSA) is 32.3 Å². The van der Waals surface area contributed by atoms with Gasteiger partial charge in [-0.3, -0.25) is 4.79 Å². The lowest BCUT2D eigenvalue weighted by atomic mass is 9.84. The van der Waals surface area contributed by atoms with Crippen LogP contribution in [0, 0.1) is 5.92 Å². The van der Waals surface area contributed by atoms with E-state index in [1.807, 2.05) is 19.0 Å². The summed E-state index contributed by atoms with van der Waals surface area (Å²) in [7, 11) is 4.02. The molecule has 92 valence electrons. The molecule has 0 aromatic heterocycles. The molecule has 2 aliphatic rings. The number of carbonyl (C=O) groups is 1. The molecule has 0 unspecified atom stereocenters. The van der Waals surface area contributed by atoms with E-state index in [0.29, 0.717) is 23.9 Å². The number of hydrogen-bond donors (Lipinski definition) is 1. The van der Waals surface area contributed by atoms with E-state index in [-0.39, 0.29) is 0 Å². The fourth-order valence-corrected chi connectivity index (χ4v) is 2.87. The molecule has 3 heteroatoms. The van der Waals surface area contributed by atoms with Gasteiger partial charge in [0.05, 0.1) is 0 Å². The quantitative estimate of drug-likeness (QED) is 0.792. The van der Waals surface area contributed by atoms with Gasteiger partial charge in [-0.15, -0.1) is 0 Å². The first kappa shape index (κ1) is 11.9. The Morgan fingerprint density at radius 1 is 1.12 bits per heavy atom. The highest BCUT2D eigenvalue weighted by atomic mass is 16.2. The fraction of sp³-hybridized carbons (Fsp3) is 0.923. The first-order valence-electron chi connectivity index (χ1n) is 6.66. The van der Waals surface area contributed by atoms with Gasteiger partial charge in [-0.2, -0.15) is 0 Å². The van der Waals surface area contributed by atoms with Crippen LogP contribution in [0.4, 0.5) is 0 Å². The van der Waals surface area contributed by atoms with Crippen molar-refractivity contribution in [3.63, 3.8) is 0 Å². The van der Waals surface area contributed by atoms with Gasteiger partial charge in [0.25, 0.3) is 0 Å². The lowest BCUT2D eigenvalue weighted by molar-refractivity contribution is -0.139. The van der Waals surface area contributed by atoms with Crippen LogP contribution in [-0.2, 0) is 4.79 Å². The third-order valence-electron chi connectivity index (χ3n) is 4.45. The van der Waals surface area contributed by atoms with Crippen LogP contribution in [-0.4, -0.2) is 37.0 Å². The van der Waals surface area contributed by atoms with Crippen LogP contribution in [0.25, 0.3) is 0 Å². The van der Waals surface area contributed by atoms with Crippen molar-refractivity contribution in [3.8, 4) is 0 Å². The maximum Gasteiger partial charge on any atom is 0.225 e. The normalized spacial score (nSPS) is 30.9. The van der Waals surface area contributed by atoms with Crippen LogP contribution >= 0.6 is 0 Å². The number of nitrogens with one attached hydrogen (secondary N) is 1. The summed E-state index contributed by atoms with van der Waals surface area (Å²) < 4.78 is 0. The van der Waals surface area contributed by atoms with E-state index in [4.69, 9.17) is 0 Å². The molecule has 2 fully saturated rings. The average Bonchev–Trinajstić information content (AvgIpc) is 2.26. The standard InChI is InChI=1S/C13H24N2O/c1-14-11-8-6-10(7-9-11)13(16)15(2)12-4-3-5-12/h10-12,14H,3-9H2,1-2H3. The maximum atomic E-state index is 12.2. The third-order valence-corrected chi connectivity index (χ3v) is 4.45. The molecule has 0 atom stereocenters. The van der Waals surface area contributed by atoms with Gasteiger partial charge in [0.15, 0.2) is 0 Å². The molecule has 2 rings (SSSR count). The number of rotatable bonds is 3. The minimum atomic E-state index is 0.301. The molecule has 3 nitrogen and oxygen atoms in total. The number of amides is 1. The molecule has 0 aliphatic heterocycles. The van der Waals surface area contributed by atoms with Gasteiger partial charge < -0.3 is 10.2 Å². The van der Waals surface area contributed by atoms with Crippen molar-refractivity contribution >= 4 is 5.91 Å². The molecule has 2 aliphatic carbocycles. The summed E-state index contributed by atoms with van der Waals surface area (Å²) in [6, 6.07) is 1.19. The largest absolute Gasteiger partial charge is 0.343 e. The van der Waals surface area contributed by atoms with Gasteiger partial charge in [-0.25, -0.2) is 0 Å². The Morgan fingerprint density at radius 3 is 2.19 bits per heavy atom. The van der Waals surface area contributed by atoms with Crippen molar-refractivity contribution in [2.75, 3.05) is 14.1 Å². The van der Waals surface area contributed by atoms with E-state index in [9.17, 15) is 4.79 Å². The minimum Gasteiger partial charge on any atom is -0.343 e. The van der Waals surface area contributed by atoms with Gasteiger partial charge in [0.2, 0.25) is 5.91 Å². The second kappa shape index (κ2) is 5.17. The van der Waals surface area contributed by atoms with Crippen molar-refractivity contribution < 1.29 is 4.79 Å². The van der Waals surface area contributed by atoms with Crippen molar-refractivity contribution in [3.05, 3.63) is 0 Å². The molecular weight excluding hydrogens is 200 g/mol. The van der Waals surface area contributed by atoms with Crippen molar-refractivity contribution in [2.24, 2.45) is 5.92 Å². The summed E-state index contributed by atoms with van der Waals surface area (Å²) in [6.07, 6.45) is 8.19. The van der Waals surface area contributed by atoms with Crippen LogP contribution in [0.3, 0.4) is 0 Å². The Labute approximate surface area is 98.6 Å². The summed E-state index contributed by atoms with van der Waals surface area (Å²) in [6.45, 7) is 0. The summed E-state index contributed by atoms with van der Waals surface area (Å²) in [4.78, 5) is 14.3. The smallest absolute Gasteiger partial charge is 0.225 e. The molecule has 2 saturated carbocycles. The highest BCUT2D eigenvalue weighted by Gasteiger charge is 2.32. The van der Waals surface area contributed by atoms with Gasteiger partial charge in [-0.05, 0) is 52.0 Å². The van der Waals surface area contributed by atoms with E-state index < -0.39 is 0 Å². The van der Waals surface area contributed by atoms with E-state index in [2.05, 4.69) is 5.32 Å². The first-order chi connectivity index (χ1) is 7.72. The molecule has 16 heavy (non-hydrogen) atoms. The van der Waals surface area contributed by atoms with Crippen molar-refractivity contribution in [2.45, 2.75) is 57.0 Å². The predicted octanol–water partition coefficient (Wildman–Crippen LogP) is 1.78. The monoisotopic (exact) mass is 224 g/mol. The molecule has 0 spiro atoms. The highest BCUT2D eigenvalue weighted by Crippen LogP contribution is 2.29. The molecule has 0 radical (unpaired) electrons. The highest BCUT2D eigenvalue weighted by molar-refractivity contribution is 5.79. The van der Waals surface area contributed by atoms with Crippen LogP contribution in [0.5, 0.6) is 0 Å². The van der Waals surface area contributed by atoms with Gasteiger partial charge >= 0.3 is 0 Å². The molecule has 0 heterocycles. The van der Waals surface area contributed by atoms with Crippen LogP contribution in [0.1, 0.15) is 44.9 Å². The molecule has 0 aromatic carbocycles. The Kier molecular flexibility index (Phi) is 3.85. The summed E-state index contributed by atoms with van der Waals surface area (Å²) in [5, 5.41) is 3.31. The Balaban J connectivity index is 1.81. The van der Waals surface area contributed by atoms with Crippen molar-refractivity contribution in [1.82, 2.24) is 10.2 Å². The van der Waals surface area contributed by atoms with E-state index in [1.54, 1.807) is 0 Å². The summed E-state index contributed by atoms with van der Waals surface area (Å²) >= 11 is 0. The third kappa shape index (κ3) is 2.40. The Hall–Kier alpha value is -0.570. The zero-order chi connectivity index (χ0) is 11.5. The zero-order valence-corrected chi connectivity index (χ0v) is 10.5. The Bertz CT molecular complexity index is 242. The van der Waals surface area contributed by atoms with Gasteiger partial charge in [0, 0.05) is 25.0 Å².